The number of aliphatic hydroxyl groups excluding tert-OH is 1. The Balaban J connectivity index is 2.90. The summed E-state index contributed by atoms with van der Waals surface area (Å²) < 4.78 is 39.9. The van der Waals surface area contributed by atoms with Crippen LogP contribution in [0.5, 0.6) is 0 Å². The summed E-state index contributed by atoms with van der Waals surface area (Å²) in [5.74, 6) is 5.07. The summed E-state index contributed by atoms with van der Waals surface area (Å²) >= 11 is 1.50. The predicted octanol–water partition coefficient (Wildman–Crippen LogP) is 1.20. The van der Waals surface area contributed by atoms with Crippen molar-refractivity contribution in [2.45, 2.75) is 11.3 Å². The summed E-state index contributed by atoms with van der Waals surface area (Å²) in [4.78, 5) is -0.383. The molecule has 0 aliphatic heterocycles. The standard InChI is InChI=1S/C13H16FNO3S2/c1-19-9-7-15-20(17,18)13-6-5-11(10-12(13)14)4-2-3-8-16/h5-6,10,15-16H,3,7-9H2,1H3. The van der Waals surface area contributed by atoms with Crippen LogP contribution in [0.3, 0.4) is 0 Å². The first-order chi connectivity index (χ1) is 9.51. The lowest BCUT2D eigenvalue weighted by Crippen LogP contribution is -2.26. The average Bonchev–Trinajstić information content (AvgIpc) is 2.39. The van der Waals surface area contributed by atoms with E-state index in [1.165, 1.54) is 23.9 Å². The highest BCUT2D eigenvalue weighted by Crippen LogP contribution is 2.15. The Morgan fingerprint density at radius 2 is 2.20 bits per heavy atom. The van der Waals surface area contributed by atoms with Gasteiger partial charge in [-0.05, 0) is 24.5 Å². The van der Waals surface area contributed by atoms with Crippen LogP contribution in [0, 0.1) is 17.7 Å². The van der Waals surface area contributed by atoms with Crippen molar-refractivity contribution in [2.75, 3.05) is 25.2 Å². The molecule has 0 saturated carbocycles. The summed E-state index contributed by atoms with van der Waals surface area (Å²) in [6.45, 7) is 0.183. The highest BCUT2D eigenvalue weighted by atomic mass is 32.2. The van der Waals surface area contributed by atoms with Crippen molar-refractivity contribution in [3.05, 3.63) is 29.6 Å². The van der Waals surface area contributed by atoms with Crippen molar-refractivity contribution >= 4 is 21.8 Å². The summed E-state index contributed by atoms with van der Waals surface area (Å²) in [7, 11) is -3.83. The first-order valence-corrected chi connectivity index (χ1v) is 8.77. The summed E-state index contributed by atoms with van der Waals surface area (Å²) in [5, 5.41) is 8.59. The van der Waals surface area contributed by atoms with Crippen LogP contribution in [0.1, 0.15) is 12.0 Å². The Bertz CT molecular complexity index is 606. The van der Waals surface area contributed by atoms with Crippen LogP contribution in [0.25, 0.3) is 0 Å². The Labute approximate surface area is 122 Å². The number of benzene rings is 1. The highest BCUT2D eigenvalue weighted by molar-refractivity contribution is 7.98. The minimum Gasteiger partial charge on any atom is -0.395 e. The summed E-state index contributed by atoms with van der Waals surface area (Å²) in [5.41, 5.74) is 0.374. The third kappa shape index (κ3) is 5.13. The zero-order chi connectivity index (χ0) is 15.0. The Hall–Kier alpha value is -1.07. The largest absolute Gasteiger partial charge is 0.395 e. The second-order valence-corrected chi connectivity index (χ2v) is 6.53. The molecule has 0 unspecified atom stereocenters. The maximum Gasteiger partial charge on any atom is 0.243 e. The molecule has 0 spiro atoms. The molecule has 2 N–H and O–H groups in total. The van der Waals surface area contributed by atoms with Gasteiger partial charge in [0.25, 0.3) is 0 Å². The van der Waals surface area contributed by atoms with Crippen LogP contribution in [0.4, 0.5) is 4.39 Å². The van der Waals surface area contributed by atoms with Crippen molar-refractivity contribution in [1.29, 1.82) is 0 Å². The number of nitrogens with one attached hydrogen (secondary N) is 1. The lowest BCUT2D eigenvalue weighted by Gasteiger charge is -2.07. The molecule has 0 saturated heterocycles. The minimum absolute atomic E-state index is 0.0681. The fourth-order valence-electron chi connectivity index (χ4n) is 1.37. The molecule has 0 heterocycles. The maximum absolute atomic E-state index is 13.8. The van der Waals surface area contributed by atoms with E-state index < -0.39 is 15.8 Å². The predicted molar refractivity (Wildman–Crippen MR) is 78.6 cm³/mol. The number of rotatable bonds is 6. The van der Waals surface area contributed by atoms with Gasteiger partial charge in [-0.2, -0.15) is 11.8 Å². The van der Waals surface area contributed by atoms with Crippen molar-refractivity contribution < 1.29 is 17.9 Å². The minimum atomic E-state index is -3.83. The molecule has 0 aliphatic rings. The molecule has 0 aromatic heterocycles. The van der Waals surface area contributed by atoms with Crippen molar-refractivity contribution in [3.63, 3.8) is 0 Å². The molecule has 0 radical (unpaired) electrons. The fourth-order valence-corrected chi connectivity index (χ4v) is 2.90. The lowest BCUT2D eigenvalue weighted by atomic mass is 10.2. The normalized spacial score (nSPS) is 10.9. The van der Waals surface area contributed by atoms with Gasteiger partial charge in [-0.3, -0.25) is 0 Å². The molecular formula is C13H16FNO3S2. The first kappa shape index (κ1) is 17.0. The number of hydrogen-bond donors (Lipinski definition) is 2. The van der Waals surface area contributed by atoms with Crippen LogP contribution in [-0.4, -0.2) is 38.7 Å². The number of thioether (sulfide) groups is 1. The van der Waals surface area contributed by atoms with Crippen LogP contribution in [0.15, 0.2) is 23.1 Å². The van der Waals surface area contributed by atoms with E-state index in [0.29, 0.717) is 11.3 Å². The molecule has 0 fully saturated rings. The van der Waals surface area contributed by atoms with Gasteiger partial charge in [0.2, 0.25) is 10.0 Å². The molecule has 0 amide bonds. The number of sulfonamides is 1. The molecule has 0 atom stereocenters. The number of halogens is 1. The van der Waals surface area contributed by atoms with Crippen LogP contribution < -0.4 is 4.72 Å². The SMILES string of the molecule is CSCCNS(=O)(=O)c1ccc(C#CCCO)cc1F. The monoisotopic (exact) mass is 317 g/mol. The highest BCUT2D eigenvalue weighted by Gasteiger charge is 2.18. The Kier molecular flexibility index (Phi) is 7.02. The maximum atomic E-state index is 13.8. The van der Waals surface area contributed by atoms with Crippen molar-refractivity contribution in [1.82, 2.24) is 4.72 Å². The van der Waals surface area contributed by atoms with Gasteiger partial charge < -0.3 is 5.11 Å². The van der Waals surface area contributed by atoms with Gasteiger partial charge in [0.05, 0.1) is 6.61 Å². The molecule has 110 valence electrons. The average molecular weight is 317 g/mol. The van der Waals surface area contributed by atoms with E-state index in [2.05, 4.69) is 16.6 Å². The topological polar surface area (TPSA) is 66.4 Å². The first-order valence-electron chi connectivity index (χ1n) is 5.89. The van der Waals surface area contributed by atoms with Gasteiger partial charge in [-0.1, -0.05) is 11.8 Å². The van der Waals surface area contributed by atoms with Crippen molar-refractivity contribution in [3.8, 4) is 11.8 Å². The summed E-state index contributed by atoms with van der Waals surface area (Å²) in [6, 6.07) is 3.71. The molecule has 20 heavy (non-hydrogen) atoms. The third-order valence-electron chi connectivity index (χ3n) is 2.29. The van der Waals surface area contributed by atoms with Gasteiger partial charge in [0.1, 0.15) is 10.7 Å². The van der Waals surface area contributed by atoms with Gasteiger partial charge in [-0.15, -0.1) is 0 Å². The van der Waals surface area contributed by atoms with E-state index in [9.17, 15) is 12.8 Å². The van der Waals surface area contributed by atoms with Crippen LogP contribution in [-0.2, 0) is 10.0 Å². The molecule has 1 rings (SSSR count). The second-order valence-electron chi connectivity index (χ2n) is 3.81. The van der Waals surface area contributed by atoms with E-state index >= 15 is 0 Å². The Morgan fingerprint density at radius 1 is 1.45 bits per heavy atom. The quantitative estimate of drug-likeness (QED) is 0.611. The fraction of sp³-hybridized carbons (Fsp3) is 0.385. The smallest absolute Gasteiger partial charge is 0.243 e. The lowest BCUT2D eigenvalue weighted by molar-refractivity contribution is 0.305. The van der Waals surface area contributed by atoms with Gasteiger partial charge in [-0.25, -0.2) is 17.5 Å². The van der Waals surface area contributed by atoms with Crippen molar-refractivity contribution in [2.24, 2.45) is 0 Å². The molecule has 4 nitrogen and oxygen atoms in total. The number of aliphatic hydroxyl groups is 1. The molecular weight excluding hydrogens is 301 g/mol. The van der Waals surface area contributed by atoms with Crippen LogP contribution >= 0.6 is 11.8 Å². The Morgan fingerprint density at radius 3 is 2.80 bits per heavy atom. The van der Waals surface area contributed by atoms with Crippen LogP contribution in [0.2, 0.25) is 0 Å². The van der Waals surface area contributed by atoms with Gasteiger partial charge in [0, 0.05) is 24.3 Å². The van der Waals surface area contributed by atoms with E-state index in [1.807, 2.05) is 6.26 Å². The zero-order valence-corrected chi connectivity index (χ0v) is 12.7. The van der Waals surface area contributed by atoms with E-state index in [4.69, 9.17) is 5.11 Å². The van der Waals surface area contributed by atoms with E-state index in [0.717, 1.165) is 6.07 Å². The molecule has 0 bridgehead atoms. The second kappa shape index (κ2) is 8.27. The van der Waals surface area contributed by atoms with Gasteiger partial charge in [0.15, 0.2) is 0 Å². The van der Waals surface area contributed by atoms with E-state index in [1.54, 1.807) is 0 Å². The number of hydrogen-bond acceptors (Lipinski definition) is 4. The molecule has 1 aromatic rings. The zero-order valence-electron chi connectivity index (χ0n) is 11.0. The molecule has 7 heteroatoms. The molecule has 1 aromatic carbocycles. The third-order valence-corrected chi connectivity index (χ3v) is 4.40. The summed E-state index contributed by atoms with van der Waals surface area (Å²) in [6.07, 6.45) is 2.15. The van der Waals surface area contributed by atoms with E-state index in [-0.39, 0.29) is 24.5 Å². The molecule has 0 aliphatic carbocycles. The van der Waals surface area contributed by atoms with Gasteiger partial charge >= 0.3 is 0 Å².